The Hall–Kier alpha value is -2.05. The monoisotopic (exact) mass is 499 g/mol. The Balaban J connectivity index is 0.00000364. The highest BCUT2D eigenvalue weighted by Crippen LogP contribution is 2.16. The lowest BCUT2D eigenvalue weighted by Crippen LogP contribution is -2.27. The van der Waals surface area contributed by atoms with Gasteiger partial charge in [0.2, 0.25) is 5.96 Å². The standard InChI is InChI=1S/C19H22ClN5O.HI/c20-16-5-7-18(8-6-16)26-14-4-2-1-3-11-23-19(24-15-21)25-17-9-12-22-13-10-17;/h5-10,12-13H,1-4,11,14H2,(H2,22,23,24,25);1H. The van der Waals surface area contributed by atoms with E-state index >= 15 is 0 Å². The highest BCUT2D eigenvalue weighted by Gasteiger charge is 1.99. The third-order valence-electron chi connectivity index (χ3n) is 3.52. The van der Waals surface area contributed by atoms with Crippen molar-refractivity contribution >= 4 is 47.2 Å². The number of unbranched alkanes of at least 4 members (excludes halogenated alkanes) is 3. The Morgan fingerprint density at radius 2 is 1.78 bits per heavy atom. The van der Waals surface area contributed by atoms with Crippen molar-refractivity contribution in [3.63, 3.8) is 0 Å². The number of aliphatic imine (C=N–C) groups is 1. The highest BCUT2D eigenvalue weighted by atomic mass is 127. The van der Waals surface area contributed by atoms with Crippen LogP contribution in [0.4, 0.5) is 5.69 Å². The molecule has 0 unspecified atom stereocenters. The van der Waals surface area contributed by atoms with Crippen LogP contribution in [0.2, 0.25) is 5.02 Å². The molecule has 0 saturated heterocycles. The molecule has 2 aromatic rings. The average molecular weight is 500 g/mol. The van der Waals surface area contributed by atoms with E-state index < -0.39 is 0 Å². The van der Waals surface area contributed by atoms with E-state index in [2.05, 4.69) is 20.6 Å². The van der Waals surface area contributed by atoms with Gasteiger partial charge >= 0.3 is 0 Å². The number of halogens is 2. The van der Waals surface area contributed by atoms with Crippen LogP contribution in [0.25, 0.3) is 0 Å². The minimum atomic E-state index is 0. The van der Waals surface area contributed by atoms with E-state index in [-0.39, 0.29) is 24.0 Å². The van der Waals surface area contributed by atoms with Crippen molar-refractivity contribution in [1.82, 2.24) is 10.3 Å². The number of hydrogen-bond acceptors (Lipinski definition) is 4. The quantitative estimate of drug-likeness (QED) is 0.129. The lowest BCUT2D eigenvalue weighted by molar-refractivity contribution is 0.305. The second kappa shape index (κ2) is 14.1. The maximum absolute atomic E-state index is 8.81. The van der Waals surface area contributed by atoms with E-state index in [1.54, 1.807) is 12.4 Å². The normalized spacial score (nSPS) is 10.4. The number of guanidine groups is 1. The molecule has 0 bridgehead atoms. The first kappa shape index (κ1) is 23.0. The van der Waals surface area contributed by atoms with Gasteiger partial charge in [0.1, 0.15) is 5.75 Å². The third-order valence-corrected chi connectivity index (χ3v) is 3.77. The van der Waals surface area contributed by atoms with Crippen molar-refractivity contribution < 1.29 is 4.74 Å². The van der Waals surface area contributed by atoms with Gasteiger partial charge in [-0.05, 0) is 55.7 Å². The van der Waals surface area contributed by atoms with Crippen molar-refractivity contribution in [2.45, 2.75) is 25.7 Å². The molecule has 0 aliphatic rings. The molecule has 0 saturated carbocycles. The predicted octanol–water partition coefficient (Wildman–Crippen LogP) is 4.83. The predicted molar refractivity (Wildman–Crippen MR) is 120 cm³/mol. The first-order valence-corrected chi connectivity index (χ1v) is 8.90. The summed E-state index contributed by atoms with van der Waals surface area (Å²) in [6.07, 6.45) is 9.32. The van der Waals surface area contributed by atoms with E-state index in [1.807, 2.05) is 42.6 Å². The van der Waals surface area contributed by atoms with Crippen molar-refractivity contribution in [3.05, 3.63) is 53.8 Å². The minimum absolute atomic E-state index is 0. The number of nitrogens with zero attached hydrogens (tertiary/aromatic N) is 3. The number of nitrogens with one attached hydrogen (secondary N) is 2. The number of pyridine rings is 1. The molecular formula is C19H23ClIN5O. The molecule has 0 atom stereocenters. The third kappa shape index (κ3) is 10.0. The zero-order chi connectivity index (χ0) is 18.5. The largest absolute Gasteiger partial charge is 0.494 e. The molecule has 0 radical (unpaired) electrons. The lowest BCUT2D eigenvalue weighted by atomic mass is 10.2. The molecule has 27 heavy (non-hydrogen) atoms. The van der Waals surface area contributed by atoms with E-state index in [9.17, 15) is 0 Å². The fourth-order valence-corrected chi connectivity index (χ4v) is 2.34. The molecule has 0 spiro atoms. The van der Waals surface area contributed by atoms with Crippen molar-refractivity contribution in [2.75, 3.05) is 18.5 Å². The van der Waals surface area contributed by atoms with Crippen LogP contribution in [0.1, 0.15) is 25.7 Å². The first-order valence-electron chi connectivity index (χ1n) is 8.53. The molecule has 0 aliphatic carbocycles. The second-order valence-corrected chi connectivity index (χ2v) is 5.98. The summed E-state index contributed by atoms with van der Waals surface area (Å²) in [5.41, 5.74) is 0.834. The zero-order valence-electron chi connectivity index (χ0n) is 14.9. The van der Waals surface area contributed by atoms with Crippen molar-refractivity contribution in [3.8, 4) is 11.9 Å². The molecule has 0 aliphatic heterocycles. The zero-order valence-corrected chi connectivity index (χ0v) is 18.0. The second-order valence-electron chi connectivity index (χ2n) is 5.54. The molecule has 8 heteroatoms. The topological polar surface area (TPSA) is 82.3 Å². The Bertz CT molecular complexity index is 719. The highest BCUT2D eigenvalue weighted by molar-refractivity contribution is 14.0. The summed E-state index contributed by atoms with van der Waals surface area (Å²) in [4.78, 5) is 8.34. The van der Waals surface area contributed by atoms with Crippen LogP contribution in [-0.2, 0) is 0 Å². The summed E-state index contributed by atoms with van der Waals surface area (Å²) in [7, 11) is 0. The fourth-order valence-electron chi connectivity index (χ4n) is 2.21. The maximum atomic E-state index is 8.81. The minimum Gasteiger partial charge on any atom is -0.494 e. The molecule has 2 rings (SSSR count). The van der Waals surface area contributed by atoms with Crippen LogP contribution in [0, 0.1) is 11.5 Å². The Kier molecular flexibility index (Phi) is 12.0. The van der Waals surface area contributed by atoms with Gasteiger partial charge in [0.15, 0.2) is 6.19 Å². The number of nitriles is 1. The molecular weight excluding hydrogens is 477 g/mol. The van der Waals surface area contributed by atoms with Crippen LogP contribution in [0.3, 0.4) is 0 Å². The Morgan fingerprint density at radius 3 is 2.48 bits per heavy atom. The number of aromatic nitrogens is 1. The summed E-state index contributed by atoms with van der Waals surface area (Å²) < 4.78 is 5.66. The summed E-state index contributed by atoms with van der Waals surface area (Å²) >= 11 is 5.84. The van der Waals surface area contributed by atoms with Gasteiger partial charge in [-0.1, -0.05) is 18.0 Å². The lowest BCUT2D eigenvalue weighted by Gasteiger charge is -2.08. The summed E-state index contributed by atoms with van der Waals surface area (Å²) in [6, 6.07) is 11.0. The van der Waals surface area contributed by atoms with Gasteiger partial charge in [-0.2, -0.15) is 5.26 Å². The molecule has 0 fully saturated rings. The summed E-state index contributed by atoms with van der Waals surface area (Å²) in [5, 5.41) is 15.1. The number of hydrogen-bond donors (Lipinski definition) is 2. The van der Waals surface area contributed by atoms with Crippen LogP contribution in [0.5, 0.6) is 5.75 Å². The molecule has 6 nitrogen and oxygen atoms in total. The number of anilines is 1. The number of ether oxygens (including phenoxy) is 1. The van der Waals surface area contributed by atoms with Gasteiger partial charge in [-0.3, -0.25) is 15.3 Å². The van der Waals surface area contributed by atoms with Crippen molar-refractivity contribution in [1.29, 1.82) is 5.26 Å². The molecule has 1 aromatic carbocycles. The van der Waals surface area contributed by atoms with Gasteiger partial charge in [0.05, 0.1) is 6.61 Å². The van der Waals surface area contributed by atoms with E-state index in [0.717, 1.165) is 37.1 Å². The van der Waals surface area contributed by atoms with E-state index in [1.165, 1.54) is 0 Å². The molecule has 2 N–H and O–H groups in total. The number of benzene rings is 1. The van der Waals surface area contributed by atoms with Gasteiger partial charge in [0, 0.05) is 29.6 Å². The van der Waals surface area contributed by atoms with Gasteiger partial charge < -0.3 is 10.1 Å². The Morgan fingerprint density at radius 1 is 1.07 bits per heavy atom. The fraction of sp³-hybridized carbons (Fsp3) is 0.316. The first-order chi connectivity index (χ1) is 12.8. The average Bonchev–Trinajstić information content (AvgIpc) is 2.66. The summed E-state index contributed by atoms with van der Waals surface area (Å²) in [5.74, 6) is 1.29. The van der Waals surface area contributed by atoms with Gasteiger partial charge in [0.25, 0.3) is 0 Å². The maximum Gasteiger partial charge on any atom is 0.209 e. The van der Waals surface area contributed by atoms with E-state index in [4.69, 9.17) is 21.6 Å². The molecule has 0 amide bonds. The van der Waals surface area contributed by atoms with Crippen LogP contribution < -0.4 is 15.4 Å². The SMILES string of the molecule is I.N#CN/C(=N/CCCCCCOc1ccc(Cl)cc1)Nc1ccncc1. The van der Waals surface area contributed by atoms with Crippen molar-refractivity contribution in [2.24, 2.45) is 4.99 Å². The summed E-state index contributed by atoms with van der Waals surface area (Å²) in [6.45, 7) is 1.34. The molecule has 1 aromatic heterocycles. The van der Waals surface area contributed by atoms with Crippen LogP contribution in [-0.4, -0.2) is 24.1 Å². The van der Waals surface area contributed by atoms with Gasteiger partial charge in [-0.15, -0.1) is 24.0 Å². The molecule has 1 heterocycles. The smallest absolute Gasteiger partial charge is 0.209 e. The van der Waals surface area contributed by atoms with Gasteiger partial charge in [-0.25, -0.2) is 0 Å². The molecule has 144 valence electrons. The Labute approximate surface area is 182 Å². The van der Waals surface area contributed by atoms with Crippen LogP contribution in [0.15, 0.2) is 53.8 Å². The van der Waals surface area contributed by atoms with E-state index in [0.29, 0.717) is 24.1 Å². The van der Waals surface area contributed by atoms with Crippen LogP contribution >= 0.6 is 35.6 Å². The number of rotatable bonds is 9.